The maximum Gasteiger partial charge on any atom is 0.407 e. The van der Waals surface area contributed by atoms with Gasteiger partial charge in [0.1, 0.15) is 12.6 Å². The fourth-order valence-electron chi connectivity index (χ4n) is 6.17. The summed E-state index contributed by atoms with van der Waals surface area (Å²) in [5.74, 6) is -0.430. The number of hydrogen-bond acceptors (Lipinski definition) is 10. The molecule has 2 aromatic carbocycles. The van der Waals surface area contributed by atoms with E-state index in [0.717, 1.165) is 26.7 Å². The molecule has 4 aromatic rings. The van der Waals surface area contributed by atoms with Gasteiger partial charge < -0.3 is 35.2 Å². The highest BCUT2D eigenvalue weighted by molar-refractivity contribution is 7.09. The maximum absolute atomic E-state index is 14.2. The number of amides is 5. The van der Waals surface area contributed by atoms with Crippen molar-refractivity contribution >= 4 is 46.6 Å². The zero-order valence-electron chi connectivity index (χ0n) is 31.6. The Morgan fingerprint density at radius 2 is 1.53 bits per heavy atom. The number of carbonyl (C=O) groups is 4. The number of aromatic nitrogens is 2. The van der Waals surface area contributed by atoms with Crippen LogP contribution in [-0.2, 0) is 45.1 Å². The van der Waals surface area contributed by atoms with Crippen molar-refractivity contribution < 1.29 is 28.7 Å². The number of carbonyl (C=O) groups excluding carboxylic acids is 4. The Morgan fingerprint density at radius 1 is 0.891 bits per heavy atom. The number of hydrogen-bond donors (Lipinski definition) is 3. The van der Waals surface area contributed by atoms with Crippen molar-refractivity contribution in [3.8, 4) is 0 Å². The molecule has 1 aliphatic heterocycles. The Hall–Kier alpha value is -4.86. The highest BCUT2D eigenvalue weighted by atomic mass is 32.1. The van der Waals surface area contributed by atoms with Gasteiger partial charge in [0.15, 0.2) is 0 Å². The van der Waals surface area contributed by atoms with Gasteiger partial charge in [-0.1, -0.05) is 74.5 Å². The van der Waals surface area contributed by atoms with Crippen molar-refractivity contribution in [3.63, 3.8) is 0 Å². The van der Waals surface area contributed by atoms with Crippen LogP contribution in [0.15, 0.2) is 77.8 Å². The lowest BCUT2D eigenvalue weighted by atomic mass is 9.95. The van der Waals surface area contributed by atoms with Crippen LogP contribution < -0.4 is 16.0 Å². The molecule has 1 aliphatic rings. The first-order chi connectivity index (χ1) is 26.6. The third kappa shape index (κ3) is 13.7. The summed E-state index contributed by atoms with van der Waals surface area (Å²) in [4.78, 5) is 66.9. The van der Waals surface area contributed by atoms with Crippen LogP contribution in [0.25, 0.3) is 0 Å². The Morgan fingerprint density at radius 3 is 2.11 bits per heavy atom. The molecule has 0 aliphatic carbocycles. The summed E-state index contributed by atoms with van der Waals surface area (Å²) in [7, 11) is 1.64. The number of morpholine rings is 1. The van der Waals surface area contributed by atoms with E-state index in [4.69, 9.17) is 9.47 Å². The summed E-state index contributed by atoms with van der Waals surface area (Å²) in [5, 5.41) is 12.0. The summed E-state index contributed by atoms with van der Waals surface area (Å²) in [5.41, 5.74) is 4.50. The molecule has 0 bridgehead atoms. The Balaban J connectivity index is 1.30. The van der Waals surface area contributed by atoms with Crippen molar-refractivity contribution in [2.45, 2.75) is 83.1 Å². The van der Waals surface area contributed by atoms with E-state index in [1.807, 2.05) is 66.0 Å². The molecule has 1 saturated heterocycles. The zero-order chi connectivity index (χ0) is 39.0. The van der Waals surface area contributed by atoms with E-state index in [0.29, 0.717) is 52.0 Å². The molecule has 13 nitrogen and oxygen atoms in total. The van der Waals surface area contributed by atoms with Crippen LogP contribution in [0.2, 0.25) is 0 Å². The maximum atomic E-state index is 14.2. The number of rotatable bonds is 18. The number of benzene rings is 2. The second-order valence-corrected chi connectivity index (χ2v) is 15.8. The molecule has 15 heteroatoms. The zero-order valence-corrected chi connectivity index (χ0v) is 33.3. The van der Waals surface area contributed by atoms with E-state index in [2.05, 4.69) is 39.8 Å². The smallest absolute Gasteiger partial charge is 0.407 e. The average Bonchev–Trinajstić information content (AvgIpc) is 3.90. The van der Waals surface area contributed by atoms with Crippen molar-refractivity contribution in [1.29, 1.82) is 0 Å². The monoisotopic (exact) mass is 789 g/mol. The lowest BCUT2D eigenvalue weighted by molar-refractivity contribution is -0.138. The van der Waals surface area contributed by atoms with Gasteiger partial charge >= 0.3 is 12.1 Å². The molecular weight excluding hydrogens is 739 g/mol. The van der Waals surface area contributed by atoms with Crippen molar-refractivity contribution in [2.24, 2.45) is 0 Å². The molecule has 3 atom stereocenters. The van der Waals surface area contributed by atoms with Gasteiger partial charge in [0.2, 0.25) is 11.8 Å². The van der Waals surface area contributed by atoms with Gasteiger partial charge in [-0.2, -0.15) is 0 Å². The molecule has 2 aromatic heterocycles. The number of alkyl carbamates (subject to hydrolysis) is 1. The summed E-state index contributed by atoms with van der Waals surface area (Å²) < 4.78 is 10.9. The van der Waals surface area contributed by atoms with Crippen LogP contribution in [0.5, 0.6) is 0 Å². The van der Waals surface area contributed by atoms with E-state index < -0.39 is 24.1 Å². The van der Waals surface area contributed by atoms with E-state index in [1.165, 1.54) is 16.2 Å². The highest BCUT2D eigenvalue weighted by Crippen LogP contribution is 2.20. The van der Waals surface area contributed by atoms with E-state index in [9.17, 15) is 19.2 Å². The molecule has 294 valence electrons. The first kappa shape index (κ1) is 41.3. The molecule has 3 N–H and O–H groups in total. The second-order valence-electron chi connectivity index (χ2n) is 13.9. The van der Waals surface area contributed by atoms with Crippen molar-refractivity contribution in [1.82, 2.24) is 35.7 Å². The fourth-order valence-corrected chi connectivity index (χ4v) is 7.50. The molecule has 5 rings (SSSR count). The molecule has 55 heavy (non-hydrogen) atoms. The van der Waals surface area contributed by atoms with Crippen LogP contribution in [0.4, 0.5) is 9.59 Å². The molecule has 1 fully saturated rings. The van der Waals surface area contributed by atoms with Crippen molar-refractivity contribution in [3.05, 3.63) is 104 Å². The van der Waals surface area contributed by atoms with Crippen LogP contribution in [0.1, 0.15) is 65.7 Å². The van der Waals surface area contributed by atoms with E-state index >= 15 is 0 Å². The minimum atomic E-state index is -1.13. The van der Waals surface area contributed by atoms with Gasteiger partial charge in [-0.05, 0) is 36.8 Å². The molecular formula is C40H51N7O6S2. The largest absolute Gasteiger partial charge is 0.444 e. The minimum absolute atomic E-state index is 0.121. The van der Waals surface area contributed by atoms with Gasteiger partial charge in [0, 0.05) is 49.7 Å². The minimum Gasteiger partial charge on any atom is -0.444 e. The standard InChI is InChI=1S/C40H51N7O6S2/c1-28(2)38-43-33(26-54-38)24-46(3)39(50)45-35(22-36(48)47-16-18-52-19-17-47)37(49)42-31(20-29-10-6-4-7-11-29)14-15-32(21-30-12-8-5-9-13-30)44-40(51)53-25-34-23-41-27-55-34/h4-13,23,26-28,31-32,35H,14-22,24-25H2,1-3H3,(H,42,49)(H,44,51)(H,45,50)/t31-,32-,35+/m1/s1. The lowest BCUT2D eigenvalue weighted by Crippen LogP contribution is -2.55. The SMILES string of the molecule is CC(C)c1nc(CN(C)C(=O)N[C@@H](CC(=O)N2CCOCC2)C(=O)N[C@H](CC[C@H](Cc2ccccc2)NC(=O)OCc2cncs2)Cc2ccccc2)cs1. The average molecular weight is 790 g/mol. The van der Waals surface area contributed by atoms with Crippen LogP contribution in [-0.4, -0.2) is 95.2 Å². The third-order valence-corrected chi connectivity index (χ3v) is 11.1. The van der Waals surface area contributed by atoms with Crippen LogP contribution in [0, 0.1) is 0 Å². The predicted molar refractivity (Wildman–Crippen MR) is 213 cm³/mol. The summed E-state index contributed by atoms with van der Waals surface area (Å²) in [6, 6.07) is 17.4. The first-order valence-electron chi connectivity index (χ1n) is 18.6. The summed E-state index contributed by atoms with van der Waals surface area (Å²) >= 11 is 2.96. The summed E-state index contributed by atoms with van der Waals surface area (Å²) in [6.45, 7) is 6.18. The lowest BCUT2D eigenvalue weighted by Gasteiger charge is -2.30. The molecule has 0 unspecified atom stereocenters. The second kappa shape index (κ2) is 21.3. The van der Waals surface area contributed by atoms with E-state index in [-0.39, 0.29) is 43.5 Å². The summed E-state index contributed by atoms with van der Waals surface area (Å²) in [6.07, 6.45) is 2.99. The number of urea groups is 1. The number of thiazole rings is 2. The normalized spacial score (nSPS) is 14.4. The number of nitrogens with one attached hydrogen (secondary N) is 3. The topological polar surface area (TPSA) is 155 Å². The number of nitrogens with zero attached hydrogens (tertiary/aromatic N) is 4. The van der Waals surface area contributed by atoms with E-state index in [1.54, 1.807) is 35.0 Å². The Labute approximate surface area is 330 Å². The Kier molecular flexibility index (Phi) is 16.0. The third-order valence-electron chi connectivity index (χ3n) is 9.18. The first-order valence-corrected chi connectivity index (χ1v) is 20.4. The van der Waals surface area contributed by atoms with Crippen LogP contribution in [0.3, 0.4) is 0 Å². The molecule has 0 spiro atoms. The number of ether oxygens (including phenoxy) is 2. The molecule has 5 amide bonds. The molecule has 0 radical (unpaired) electrons. The van der Waals surface area contributed by atoms with Crippen LogP contribution >= 0.6 is 22.7 Å². The van der Waals surface area contributed by atoms with Gasteiger partial charge in [-0.15, -0.1) is 22.7 Å². The highest BCUT2D eigenvalue weighted by Gasteiger charge is 2.30. The van der Waals surface area contributed by atoms with Gasteiger partial charge in [0.05, 0.1) is 47.3 Å². The van der Waals surface area contributed by atoms with Crippen molar-refractivity contribution in [2.75, 3.05) is 33.4 Å². The van der Waals surface area contributed by atoms with Gasteiger partial charge in [-0.3, -0.25) is 14.6 Å². The molecule has 0 saturated carbocycles. The molecule has 3 heterocycles. The fraction of sp³-hybridized carbons (Fsp3) is 0.450. The Bertz CT molecular complexity index is 1790. The van der Waals surface area contributed by atoms with Gasteiger partial charge in [0.25, 0.3) is 0 Å². The van der Waals surface area contributed by atoms with Gasteiger partial charge in [-0.25, -0.2) is 14.6 Å². The quantitative estimate of drug-likeness (QED) is 0.119. The predicted octanol–water partition coefficient (Wildman–Crippen LogP) is 5.53.